The number of nitrogens with one attached hydrogen (secondary N) is 1. The summed E-state index contributed by atoms with van der Waals surface area (Å²) in [5, 5.41) is 4.36. The first-order valence-electron chi connectivity index (χ1n) is 6.25. The molecule has 0 aliphatic carbocycles. The molecule has 1 aromatic carbocycles. The van der Waals surface area contributed by atoms with Gasteiger partial charge < -0.3 is 10.1 Å². The van der Waals surface area contributed by atoms with E-state index in [1.807, 2.05) is 0 Å². The Hall–Kier alpha value is -0.670. The van der Waals surface area contributed by atoms with E-state index in [1.54, 1.807) is 7.11 Å². The van der Waals surface area contributed by atoms with Crippen LogP contribution in [0.3, 0.4) is 0 Å². The average molecular weight is 251 g/mol. The van der Waals surface area contributed by atoms with Crippen molar-refractivity contribution in [3.63, 3.8) is 0 Å². The lowest BCUT2D eigenvalue weighted by Crippen LogP contribution is -2.32. The molecular formula is C14H21NOS. The highest BCUT2D eigenvalue weighted by molar-refractivity contribution is 8.00. The molecule has 94 valence electrons. The Morgan fingerprint density at radius 2 is 2.35 bits per heavy atom. The van der Waals surface area contributed by atoms with Crippen molar-refractivity contribution in [2.75, 3.05) is 18.2 Å². The number of thioether (sulfide) groups is 1. The summed E-state index contributed by atoms with van der Waals surface area (Å²) in [7, 11) is 1.74. The van der Waals surface area contributed by atoms with Crippen molar-refractivity contribution in [3.8, 4) is 0 Å². The summed E-state index contributed by atoms with van der Waals surface area (Å²) in [6.45, 7) is 3.00. The first-order valence-corrected chi connectivity index (χ1v) is 7.30. The number of rotatable bonds is 4. The maximum atomic E-state index is 5.16. The fourth-order valence-corrected chi connectivity index (χ4v) is 3.39. The second-order valence-corrected chi connectivity index (χ2v) is 6.09. The molecule has 1 aliphatic rings. The molecule has 2 unspecified atom stereocenters. The van der Waals surface area contributed by atoms with Gasteiger partial charge in [0, 0.05) is 24.1 Å². The molecule has 0 aromatic heterocycles. The molecule has 1 fully saturated rings. The second-order valence-electron chi connectivity index (χ2n) is 4.60. The number of anilines is 1. The van der Waals surface area contributed by atoms with Crippen LogP contribution in [0.15, 0.2) is 24.3 Å². The van der Waals surface area contributed by atoms with Gasteiger partial charge in [0.05, 0.1) is 6.61 Å². The second kappa shape index (κ2) is 6.31. The average Bonchev–Trinajstić information content (AvgIpc) is 2.33. The molecule has 0 amide bonds. The van der Waals surface area contributed by atoms with Gasteiger partial charge in [0.1, 0.15) is 0 Å². The predicted molar refractivity (Wildman–Crippen MR) is 75.7 cm³/mol. The van der Waals surface area contributed by atoms with Crippen molar-refractivity contribution < 1.29 is 4.74 Å². The maximum absolute atomic E-state index is 5.16. The molecule has 1 heterocycles. The van der Waals surface area contributed by atoms with E-state index in [1.165, 1.54) is 29.8 Å². The minimum atomic E-state index is 0.603. The molecule has 2 rings (SSSR count). The molecule has 0 radical (unpaired) electrons. The smallest absolute Gasteiger partial charge is 0.0713 e. The van der Waals surface area contributed by atoms with Gasteiger partial charge in [0.15, 0.2) is 0 Å². The molecule has 0 bridgehead atoms. The van der Waals surface area contributed by atoms with Gasteiger partial charge in [0.2, 0.25) is 0 Å². The predicted octanol–water partition coefficient (Wildman–Crippen LogP) is 3.53. The standard InChI is InChI=1S/C14H21NOS/c1-11-14(7-4-8-17-11)15-13-6-3-5-12(9-13)10-16-2/h3,5-6,9,11,14-15H,4,7-8,10H2,1-2H3. The van der Waals surface area contributed by atoms with E-state index in [0.717, 1.165) is 0 Å². The van der Waals surface area contributed by atoms with E-state index >= 15 is 0 Å². The van der Waals surface area contributed by atoms with Crippen LogP contribution in [0, 0.1) is 0 Å². The molecule has 3 heteroatoms. The monoisotopic (exact) mass is 251 g/mol. The van der Waals surface area contributed by atoms with E-state index in [2.05, 4.69) is 48.3 Å². The first kappa shape index (κ1) is 12.8. The van der Waals surface area contributed by atoms with Crippen LogP contribution in [-0.2, 0) is 11.3 Å². The highest BCUT2D eigenvalue weighted by atomic mass is 32.2. The van der Waals surface area contributed by atoms with Gasteiger partial charge in [-0.2, -0.15) is 11.8 Å². The Labute approximate surface area is 108 Å². The third kappa shape index (κ3) is 3.65. The lowest BCUT2D eigenvalue weighted by Gasteiger charge is -2.30. The lowest BCUT2D eigenvalue weighted by atomic mass is 10.1. The largest absolute Gasteiger partial charge is 0.381 e. The Kier molecular flexibility index (Phi) is 4.75. The summed E-state index contributed by atoms with van der Waals surface area (Å²) in [6.07, 6.45) is 2.60. The maximum Gasteiger partial charge on any atom is 0.0713 e. The van der Waals surface area contributed by atoms with Gasteiger partial charge in [-0.1, -0.05) is 19.1 Å². The van der Waals surface area contributed by atoms with Crippen molar-refractivity contribution in [1.82, 2.24) is 0 Å². The molecule has 1 aliphatic heterocycles. The van der Waals surface area contributed by atoms with Crippen LogP contribution >= 0.6 is 11.8 Å². The fraction of sp³-hybridized carbons (Fsp3) is 0.571. The lowest BCUT2D eigenvalue weighted by molar-refractivity contribution is 0.185. The molecular weight excluding hydrogens is 230 g/mol. The van der Waals surface area contributed by atoms with Crippen molar-refractivity contribution in [2.45, 2.75) is 37.7 Å². The van der Waals surface area contributed by atoms with Crippen LogP contribution in [-0.4, -0.2) is 24.2 Å². The summed E-state index contributed by atoms with van der Waals surface area (Å²) in [5.41, 5.74) is 2.45. The SMILES string of the molecule is COCc1cccc(NC2CCCSC2C)c1. The van der Waals surface area contributed by atoms with Crippen LogP contribution in [0.2, 0.25) is 0 Å². The normalized spacial score (nSPS) is 24.6. The number of methoxy groups -OCH3 is 1. The summed E-state index contributed by atoms with van der Waals surface area (Å²) >= 11 is 2.07. The van der Waals surface area contributed by atoms with E-state index in [9.17, 15) is 0 Å². The minimum Gasteiger partial charge on any atom is -0.381 e. The molecule has 1 aromatic rings. The molecule has 2 atom stereocenters. The van der Waals surface area contributed by atoms with Crippen LogP contribution in [0.5, 0.6) is 0 Å². The molecule has 17 heavy (non-hydrogen) atoms. The Morgan fingerprint density at radius 3 is 3.12 bits per heavy atom. The molecule has 0 spiro atoms. The summed E-state index contributed by atoms with van der Waals surface area (Å²) in [6, 6.07) is 9.14. The van der Waals surface area contributed by atoms with Crippen molar-refractivity contribution in [2.24, 2.45) is 0 Å². The Bertz CT molecular complexity index is 356. The van der Waals surface area contributed by atoms with Gasteiger partial charge in [-0.15, -0.1) is 0 Å². The van der Waals surface area contributed by atoms with Gasteiger partial charge in [0.25, 0.3) is 0 Å². The van der Waals surface area contributed by atoms with Gasteiger partial charge in [-0.05, 0) is 36.3 Å². The third-order valence-electron chi connectivity index (χ3n) is 3.20. The van der Waals surface area contributed by atoms with Gasteiger partial charge in [-0.3, -0.25) is 0 Å². The molecule has 0 saturated carbocycles. The highest BCUT2D eigenvalue weighted by Gasteiger charge is 2.21. The van der Waals surface area contributed by atoms with E-state index in [0.29, 0.717) is 17.9 Å². The highest BCUT2D eigenvalue weighted by Crippen LogP contribution is 2.27. The molecule has 1 N–H and O–H groups in total. The minimum absolute atomic E-state index is 0.603. The zero-order chi connectivity index (χ0) is 12.1. The quantitative estimate of drug-likeness (QED) is 0.884. The zero-order valence-electron chi connectivity index (χ0n) is 10.6. The van der Waals surface area contributed by atoms with Gasteiger partial charge >= 0.3 is 0 Å². The van der Waals surface area contributed by atoms with Crippen LogP contribution in [0.25, 0.3) is 0 Å². The summed E-state index contributed by atoms with van der Waals surface area (Å²) in [4.78, 5) is 0. The number of benzene rings is 1. The van der Waals surface area contributed by atoms with E-state index in [-0.39, 0.29) is 0 Å². The first-order chi connectivity index (χ1) is 8.29. The Balaban J connectivity index is 1.99. The number of hydrogen-bond donors (Lipinski definition) is 1. The van der Waals surface area contributed by atoms with Crippen LogP contribution in [0.4, 0.5) is 5.69 Å². The summed E-state index contributed by atoms with van der Waals surface area (Å²) in [5.74, 6) is 1.31. The van der Waals surface area contributed by atoms with E-state index in [4.69, 9.17) is 4.74 Å². The number of hydrogen-bond acceptors (Lipinski definition) is 3. The van der Waals surface area contributed by atoms with E-state index < -0.39 is 0 Å². The van der Waals surface area contributed by atoms with Crippen LogP contribution in [0.1, 0.15) is 25.3 Å². The number of ether oxygens (including phenoxy) is 1. The zero-order valence-corrected chi connectivity index (χ0v) is 11.4. The van der Waals surface area contributed by atoms with Gasteiger partial charge in [-0.25, -0.2) is 0 Å². The fourth-order valence-electron chi connectivity index (χ4n) is 2.24. The third-order valence-corrected chi connectivity index (χ3v) is 4.58. The Morgan fingerprint density at radius 1 is 1.47 bits per heavy atom. The summed E-state index contributed by atoms with van der Waals surface area (Å²) < 4.78 is 5.16. The molecule has 1 saturated heterocycles. The van der Waals surface area contributed by atoms with Crippen molar-refractivity contribution in [3.05, 3.63) is 29.8 Å². The molecule has 2 nitrogen and oxygen atoms in total. The van der Waals surface area contributed by atoms with Crippen molar-refractivity contribution in [1.29, 1.82) is 0 Å². The topological polar surface area (TPSA) is 21.3 Å². The van der Waals surface area contributed by atoms with Crippen molar-refractivity contribution >= 4 is 17.4 Å². The van der Waals surface area contributed by atoms with Crippen LogP contribution < -0.4 is 5.32 Å².